The smallest absolute Gasteiger partial charge is 0.462 e. The zero-order chi connectivity index (χ0) is 48.7. The van der Waals surface area contributed by atoms with Crippen molar-refractivity contribution in [1.82, 2.24) is 0 Å². The number of fused-ring (bicyclic) bond motifs is 4. The summed E-state index contributed by atoms with van der Waals surface area (Å²) in [5.74, 6) is -4.91. The van der Waals surface area contributed by atoms with Gasteiger partial charge in [0, 0.05) is 31.1 Å². The maximum atomic E-state index is 13.6. The zero-order valence-electron chi connectivity index (χ0n) is 39.2. The number of carbonyl (C=O) groups is 3. The van der Waals surface area contributed by atoms with Crippen LogP contribution in [0.3, 0.4) is 0 Å². The molecule has 2 bridgehead atoms. The number of aliphatic hydroxyl groups excluding tert-OH is 7. The van der Waals surface area contributed by atoms with E-state index in [1.165, 1.54) is 12.2 Å². The molecule has 16 nitrogen and oxygen atoms in total. The Morgan fingerprint density at radius 2 is 1.41 bits per heavy atom. The summed E-state index contributed by atoms with van der Waals surface area (Å²) in [4.78, 5) is 50.0. The first-order valence-corrected chi connectivity index (χ1v) is 25.7. The lowest BCUT2D eigenvalue weighted by Crippen LogP contribution is -2.55. The summed E-state index contributed by atoms with van der Waals surface area (Å²) in [6.45, 7) is 2.69. The molecule has 378 valence electrons. The van der Waals surface area contributed by atoms with Crippen molar-refractivity contribution in [1.29, 1.82) is 0 Å². The Morgan fingerprint density at radius 1 is 0.773 bits per heavy atom. The maximum Gasteiger partial charge on any atom is 0.472 e. The van der Waals surface area contributed by atoms with Gasteiger partial charge in [0.2, 0.25) is 0 Å². The molecule has 17 heteroatoms. The van der Waals surface area contributed by atoms with E-state index in [-0.39, 0.29) is 19.3 Å². The first kappa shape index (κ1) is 59.3. The molecular formula is C49H81O16P. The Labute approximate surface area is 392 Å². The van der Waals surface area contributed by atoms with Crippen LogP contribution in [0.15, 0.2) is 60.8 Å². The van der Waals surface area contributed by atoms with Crippen LogP contribution in [0.5, 0.6) is 0 Å². The number of Topliss-reactive ketones (excluding diaryl/α,β-unsaturated/α-hetero) is 1. The Kier molecular flexibility index (Phi) is 30.9. The predicted molar refractivity (Wildman–Crippen MR) is 250 cm³/mol. The van der Waals surface area contributed by atoms with Gasteiger partial charge in [0.05, 0.1) is 31.0 Å². The van der Waals surface area contributed by atoms with Crippen molar-refractivity contribution in [2.45, 2.75) is 204 Å². The van der Waals surface area contributed by atoms with Crippen molar-refractivity contribution in [3.63, 3.8) is 0 Å². The number of hydrogen-bond acceptors (Lipinski definition) is 15. The summed E-state index contributed by atoms with van der Waals surface area (Å²) in [7, 11) is -5.45. The van der Waals surface area contributed by atoms with E-state index in [1.54, 1.807) is 0 Å². The largest absolute Gasteiger partial charge is 0.472 e. The van der Waals surface area contributed by atoms with Crippen LogP contribution in [0.4, 0.5) is 0 Å². The highest BCUT2D eigenvalue weighted by Crippen LogP contribution is 2.47. The van der Waals surface area contributed by atoms with Gasteiger partial charge in [-0.05, 0) is 64.2 Å². The number of phosphoric ester groups is 1. The first-order chi connectivity index (χ1) is 31.6. The third-order valence-electron chi connectivity index (χ3n) is 11.7. The minimum Gasteiger partial charge on any atom is -0.462 e. The summed E-state index contributed by atoms with van der Waals surface area (Å²) >= 11 is 0. The molecule has 0 aromatic rings. The van der Waals surface area contributed by atoms with Gasteiger partial charge in [-0.25, -0.2) is 4.57 Å². The number of phosphoric acid groups is 1. The summed E-state index contributed by atoms with van der Waals surface area (Å²) < 4.78 is 34.6. The van der Waals surface area contributed by atoms with E-state index < -0.39 is 112 Å². The predicted octanol–water partition coefficient (Wildman–Crippen LogP) is 6.31. The van der Waals surface area contributed by atoms with E-state index in [1.807, 2.05) is 6.92 Å². The van der Waals surface area contributed by atoms with E-state index >= 15 is 0 Å². The minimum absolute atomic E-state index is 0.0324. The summed E-state index contributed by atoms with van der Waals surface area (Å²) in [5.41, 5.74) is 0. The molecule has 1 saturated heterocycles. The summed E-state index contributed by atoms with van der Waals surface area (Å²) in [6.07, 6.45) is 13.4. The van der Waals surface area contributed by atoms with E-state index in [4.69, 9.17) is 18.5 Å². The fourth-order valence-corrected chi connectivity index (χ4v) is 8.75. The van der Waals surface area contributed by atoms with Crippen LogP contribution >= 0.6 is 7.82 Å². The number of esters is 2. The molecule has 1 unspecified atom stereocenters. The summed E-state index contributed by atoms with van der Waals surface area (Å²) in [5, 5.41) is 78.5. The number of allylic oxidation sites excluding steroid dienone is 8. The molecule has 0 aromatic heterocycles. The van der Waals surface area contributed by atoms with Crippen molar-refractivity contribution < 1.29 is 78.1 Å². The molecule has 8 N–H and O–H groups in total. The van der Waals surface area contributed by atoms with Crippen LogP contribution in [-0.4, -0.2) is 127 Å². The van der Waals surface area contributed by atoms with Crippen molar-refractivity contribution in [2.24, 2.45) is 11.8 Å². The second-order valence-corrected chi connectivity index (χ2v) is 18.8. The quantitative estimate of drug-likeness (QED) is 0.0256. The van der Waals surface area contributed by atoms with Gasteiger partial charge in [-0.3, -0.25) is 23.4 Å². The van der Waals surface area contributed by atoms with Gasteiger partial charge >= 0.3 is 19.8 Å². The topological polar surface area (TPSA) is 267 Å². The van der Waals surface area contributed by atoms with Gasteiger partial charge in [-0.2, -0.15) is 0 Å². The number of aliphatic hydroxyl groups is 7. The Balaban J connectivity index is 2.12. The zero-order valence-corrected chi connectivity index (χ0v) is 40.1. The van der Waals surface area contributed by atoms with Gasteiger partial charge in [0.1, 0.15) is 36.8 Å². The van der Waals surface area contributed by atoms with Crippen molar-refractivity contribution in [3.8, 4) is 0 Å². The van der Waals surface area contributed by atoms with Crippen LogP contribution < -0.4 is 0 Å². The van der Waals surface area contributed by atoms with E-state index in [0.29, 0.717) is 44.9 Å². The van der Waals surface area contributed by atoms with Crippen LogP contribution in [0, 0.1) is 11.8 Å². The maximum absolute atomic E-state index is 13.6. The second-order valence-electron chi connectivity index (χ2n) is 17.4. The lowest BCUT2D eigenvalue weighted by Gasteiger charge is -2.36. The molecule has 2 aliphatic rings. The average molecular weight is 957 g/mol. The third kappa shape index (κ3) is 24.4. The summed E-state index contributed by atoms with van der Waals surface area (Å²) in [6, 6.07) is 0. The van der Waals surface area contributed by atoms with Gasteiger partial charge in [0.25, 0.3) is 0 Å². The highest BCUT2D eigenvalue weighted by atomic mass is 31.2. The minimum atomic E-state index is -5.45. The molecule has 66 heavy (non-hydrogen) atoms. The number of ketones is 1. The Bertz CT molecular complexity index is 1560. The highest BCUT2D eigenvalue weighted by molar-refractivity contribution is 7.47. The fraction of sp³-hybridized carbons (Fsp3) is 0.735. The molecule has 2 fully saturated rings. The van der Waals surface area contributed by atoms with Crippen LogP contribution in [0.25, 0.3) is 0 Å². The van der Waals surface area contributed by atoms with E-state index in [0.717, 1.165) is 64.2 Å². The average Bonchev–Trinajstić information content (AvgIpc) is 3.28. The first-order valence-electron chi connectivity index (χ1n) is 24.2. The molecule has 0 aromatic carbocycles. The lowest BCUT2D eigenvalue weighted by molar-refractivity contribution is -0.166. The van der Waals surface area contributed by atoms with Crippen LogP contribution in [0.2, 0.25) is 0 Å². The van der Waals surface area contributed by atoms with E-state index in [2.05, 4.69) is 55.5 Å². The van der Waals surface area contributed by atoms with Gasteiger partial charge in [-0.1, -0.05) is 126 Å². The van der Waals surface area contributed by atoms with Gasteiger partial charge in [0.15, 0.2) is 6.10 Å². The van der Waals surface area contributed by atoms with Gasteiger partial charge in [-0.15, -0.1) is 0 Å². The molecule has 1 aliphatic carbocycles. The number of carbonyl (C=O) groups excluding carboxylic acids is 3. The van der Waals surface area contributed by atoms with E-state index in [9.17, 15) is 59.6 Å². The molecular weight excluding hydrogens is 875 g/mol. The number of hydrogen-bond donors (Lipinski definition) is 8. The number of unbranched alkanes of at least 4 members (excludes halogenated alkanes) is 6. The van der Waals surface area contributed by atoms with Crippen LogP contribution in [0.1, 0.15) is 149 Å². The highest BCUT2D eigenvalue weighted by Gasteiger charge is 2.49. The molecule has 0 amide bonds. The number of cyclic esters (lactones) is 1. The molecule has 0 radical (unpaired) electrons. The number of ether oxygens (including phenoxy) is 2. The molecule has 1 saturated carbocycles. The standard InChI is InChI=1S/C49H81O16P/c1-3-5-7-8-9-10-11-12-13-14-15-16-17-18-19-20-25-29-42(53)62-34-37-35-63-66(60,61)65-49-47(58)45(56)39(32-31-36(50)27-23-6-4-2)41(52)33-40(51)38(44(55)46(57)48(49)59)28-24-21-22-26-30-43(54)64-37/h5,7,9-10,12-13,15-16,31-32,36-39,41,44-50,52,55-59H,3-4,6,8,11,14,17-30,33-35H2,1-2H3,(H,60,61)/b7-5-,10-9-,13-12-,16-15-,32-31+/t36-,37+,38-,39-,41+,44+,45+,46-,47+,48+,49+/m0/s1. The fourth-order valence-electron chi connectivity index (χ4n) is 7.78. The number of rotatable bonds is 22. The SMILES string of the molecule is CC/C=C\C/C=C\C/C=C\C/C=C\CCCCCCC(=O)OC[C@@H]1COP(=O)(O)O[C@H]2[C@H](O)[C@@H](O)[C@H](O)[C@@H](CCCCCCC(=O)O1)C(=O)C[C@@H](O)[C@H](/C=C/[C@@H](O)CCCCC)[C@@H](O)[C@H]2O. The molecule has 1 heterocycles. The normalized spacial score (nSPS) is 31.2. The third-order valence-corrected chi connectivity index (χ3v) is 12.7. The van der Waals surface area contributed by atoms with Crippen LogP contribution in [-0.2, 0) is 37.5 Å². The second kappa shape index (κ2) is 34.4. The van der Waals surface area contributed by atoms with Crippen molar-refractivity contribution in [2.75, 3.05) is 13.2 Å². The lowest BCUT2D eigenvalue weighted by atomic mass is 9.83. The molecule has 12 atom stereocenters. The van der Waals surface area contributed by atoms with Crippen molar-refractivity contribution >= 4 is 25.5 Å². The Hall–Kier alpha value is -2.86. The monoisotopic (exact) mass is 957 g/mol. The van der Waals surface area contributed by atoms with Crippen molar-refractivity contribution in [3.05, 3.63) is 60.8 Å². The Morgan fingerprint density at radius 3 is 2.09 bits per heavy atom. The van der Waals surface area contributed by atoms with Gasteiger partial charge < -0.3 is 50.1 Å². The molecule has 2 rings (SSSR count). The molecule has 1 aliphatic heterocycles. The molecule has 0 spiro atoms.